The van der Waals surface area contributed by atoms with Crippen molar-refractivity contribution in [3.05, 3.63) is 35.4 Å². The van der Waals surface area contributed by atoms with Crippen LogP contribution >= 0.6 is 0 Å². The molecule has 0 aliphatic heterocycles. The van der Waals surface area contributed by atoms with E-state index in [1.165, 1.54) is 0 Å². The van der Waals surface area contributed by atoms with Crippen LogP contribution in [0, 0.1) is 11.3 Å². The Labute approximate surface area is 137 Å². The highest BCUT2D eigenvalue weighted by molar-refractivity contribution is 5.74. The van der Waals surface area contributed by atoms with Gasteiger partial charge in [-0.1, -0.05) is 37.8 Å². The Morgan fingerprint density at radius 1 is 1.26 bits per heavy atom. The van der Waals surface area contributed by atoms with Crippen LogP contribution < -0.4 is 10.6 Å². The zero-order valence-electron chi connectivity index (χ0n) is 13.6. The molecule has 5 heteroatoms. The van der Waals surface area contributed by atoms with Crippen molar-refractivity contribution in [2.75, 3.05) is 6.54 Å². The van der Waals surface area contributed by atoms with Crippen molar-refractivity contribution in [1.82, 2.24) is 10.6 Å². The Kier molecular flexibility index (Phi) is 6.00. The topological polar surface area (TPSA) is 85.2 Å². The van der Waals surface area contributed by atoms with Crippen LogP contribution in [-0.2, 0) is 0 Å². The molecule has 1 aromatic carbocycles. The third kappa shape index (κ3) is 5.26. The molecule has 2 rings (SSSR count). The maximum atomic E-state index is 12.0. The summed E-state index contributed by atoms with van der Waals surface area (Å²) in [6, 6.07) is 8.78. The van der Waals surface area contributed by atoms with Crippen LogP contribution in [-0.4, -0.2) is 23.3 Å². The predicted molar refractivity (Wildman–Crippen MR) is 88.8 cm³/mol. The normalized spacial score (nSPS) is 18.3. The summed E-state index contributed by atoms with van der Waals surface area (Å²) in [6.45, 7) is 2.18. The summed E-state index contributed by atoms with van der Waals surface area (Å²) < 4.78 is 0. The number of carbonyl (C=O) groups is 1. The van der Waals surface area contributed by atoms with Crippen molar-refractivity contribution >= 4 is 6.03 Å². The third-order valence-electron chi connectivity index (χ3n) is 4.50. The molecule has 1 aliphatic rings. The molecule has 0 saturated heterocycles. The first kappa shape index (κ1) is 17.3. The predicted octanol–water partition coefficient (Wildman–Crippen LogP) is 3.00. The van der Waals surface area contributed by atoms with E-state index in [1.54, 1.807) is 12.1 Å². The zero-order valence-corrected chi connectivity index (χ0v) is 13.6. The average molecular weight is 315 g/mol. The third-order valence-corrected chi connectivity index (χ3v) is 4.50. The van der Waals surface area contributed by atoms with Crippen LogP contribution in [0.4, 0.5) is 4.79 Å². The summed E-state index contributed by atoms with van der Waals surface area (Å²) in [5, 5.41) is 25.0. The van der Waals surface area contributed by atoms with Gasteiger partial charge in [0.15, 0.2) is 0 Å². The van der Waals surface area contributed by atoms with Crippen molar-refractivity contribution < 1.29 is 9.90 Å². The minimum absolute atomic E-state index is 0.161. The summed E-state index contributed by atoms with van der Waals surface area (Å²) in [5.41, 5.74) is 0.763. The monoisotopic (exact) mass is 315 g/mol. The van der Waals surface area contributed by atoms with Crippen LogP contribution in [0.1, 0.15) is 62.6 Å². The number of nitrogens with zero attached hydrogens (tertiary/aromatic N) is 1. The maximum absolute atomic E-state index is 12.0. The maximum Gasteiger partial charge on any atom is 0.315 e. The van der Waals surface area contributed by atoms with E-state index in [4.69, 9.17) is 5.26 Å². The van der Waals surface area contributed by atoms with Gasteiger partial charge in [-0.2, -0.15) is 5.26 Å². The zero-order chi connectivity index (χ0) is 16.7. The minimum atomic E-state index is -0.772. The Balaban J connectivity index is 1.82. The van der Waals surface area contributed by atoms with Gasteiger partial charge in [-0.3, -0.25) is 0 Å². The van der Waals surface area contributed by atoms with E-state index in [9.17, 15) is 9.90 Å². The number of rotatable bonds is 4. The van der Waals surface area contributed by atoms with Gasteiger partial charge < -0.3 is 15.7 Å². The number of amides is 2. The first-order valence-electron chi connectivity index (χ1n) is 8.29. The Morgan fingerprint density at radius 3 is 2.43 bits per heavy atom. The van der Waals surface area contributed by atoms with Crippen molar-refractivity contribution in [1.29, 1.82) is 5.26 Å². The Morgan fingerprint density at radius 2 is 1.87 bits per heavy atom. The van der Waals surface area contributed by atoms with Crippen LogP contribution in [0.5, 0.6) is 0 Å². The van der Waals surface area contributed by atoms with E-state index in [2.05, 4.69) is 16.7 Å². The summed E-state index contributed by atoms with van der Waals surface area (Å²) in [5.74, 6) is 0. The lowest BCUT2D eigenvalue weighted by atomic mass is 9.94. The molecular formula is C18H25N3O2. The highest BCUT2D eigenvalue weighted by Gasteiger charge is 2.28. The highest BCUT2D eigenvalue weighted by Crippen LogP contribution is 2.26. The molecule has 0 radical (unpaired) electrons. The molecule has 1 aliphatic carbocycles. The summed E-state index contributed by atoms with van der Waals surface area (Å²) >= 11 is 0. The second-order valence-corrected chi connectivity index (χ2v) is 6.42. The van der Waals surface area contributed by atoms with Crippen LogP contribution in [0.15, 0.2) is 24.3 Å². The lowest BCUT2D eigenvalue weighted by Crippen LogP contribution is -2.46. The number of aliphatic hydroxyl groups is 1. The molecule has 5 nitrogen and oxygen atoms in total. The molecule has 0 bridgehead atoms. The van der Waals surface area contributed by atoms with Crippen LogP contribution in [0.3, 0.4) is 0 Å². The van der Waals surface area contributed by atoms with Gasteiger partial charge in [-0.05, 0) is 37.5 Å². The van der Waals surface area contributed by atoms with Crippen molar-refractivity contribution in [2.24, 2.45) is 0 Å². The van der Waals surface area contributed by atoms with E-state index in [0.717, 1.165) is 44.1 Å². The standard InChI is InChI=1S/C18H25N3O2/c1-14(16-8-6-15(12-19)7-9-16)21-17(22)20-13-18(23)10-4-2-3-5-11-18/h6-9,14,23H,2-5,10-11,13H2,1H3,(H2,20,21,22). The molecule has 0 heterocycles. The number of hydrogen-bond donors (Lipinski definition) is 3. The number of urea groups is 1. The first-order valence-corrected chi connectivity index (χ1v) is 8.29. The van der Waals surface area contributed by atoms with Gasteiger partial charge in [0.2, 0.25) is 0 Å². The second-order valence-electron chi connectivity index (χ2n) is 6.42. The lowest BCUT2D eigenvalue weighted by Gasteiger charge is -2.27. The highest BCUT2D eigenvalue weighted by atomic mass is 16.3. The molecular weight excluding hydrogens is 290 g/mol. The van der Waals surface area contributed by atoms with Gasteiger partial charge in [-0.15, -0.1) is 0 Å². The minimum Gasteiger partial charge on any atom is -0.388 e. The lowest BCUT2D eigenvalue weighted by molar-refractivity contribution is 0.0276. The SMILES string of the molecule is CC(NC(=O)NCC1(O)CCCCCC1)c1ccc(C#N)cc1. The number of carbonyl (C=O) groups excluding carboxylic acids is 1. The van der Waals surface area contributed by atoms with Gasteiger partial charge in [0.05, 0.1) is 23.3 Å². The quantitative estimate of drug-likeness (QED) is 0.747. The van der Waals surface area contributed by atoms with E-state index < -0.39 is 5.60 Å². The van der Waals surface area contributed by atoms with Crippen molar-refractivity contribution in [3.63, 3.8) is 0 Å². The molecule has 0 aromatic heterocycles. The smallest absolute Gasteiger partial charge is 0.315 e. The van der Waals surface area contributed by atoms with Gasteiger partial charge in [0, 0.05) is 6.54 Å². The fraction of sp³-hybridized carbons (Fsp3) is 0.556. The summed E-state index contributed by atoms with van der Waals surface area (Å²) in [7, 11) is 0. The number of nitriles is 1. The van der Waals surface area contributed by atoms with E-state index in [-0.39, 0.29) is 12.1 Å². The van der Waals surface area contributed by atoms with E-state index in [1.807, 2.05) is 19.1 Å². The number of benzene rings is 1. The van der Waals surface area contributed by atoms with Gasteiger partial charge >= 0.3 is 6.03 Å². The Bertz CT molecular complexity index is 555. The molecule has 23 heavy (non-hydrogen) atoms. The Hall–Kier alpha value is -2.06. The van der Waals surface area contributed by atoms with Crippen LogP contribution in [0.25, 0.3) is 0 Å². The van der Waals surface area contributed by atoms with Crippen LogP contribution in [0.2, 0.25) is 0 Å². The first-order chi connectivity index (χ1) is 11.0. The van der Waals surface area contributed by atoms with Crippen molar-refractivity contribution in [2.45, 2.75) is 57.1 Å². The average Bonchev–Trinajstić information content (AvgIpc) is 2.78. The van der Waals surface area contributed by atoms with E-state index in [0.29, 0.717) is 12.1 Å². The molecule has 1 atom stereocenters. The number of nitrogens with one attached hydrogen (secondary N) is 2. The summed E-state index contributed by atoms with van der Waals surface area (Å²) in [6.07, 6.45) is 5.84. The molecule has 1 unspecified atom stereocenters. The van der Waals surface area contributed by atoms with Gasteiger partial charge in [0.1, 0.15) is 0 Å². The fourth-order valence-corrected chi connectivity index (χ4v) is 2.99. The fourth-order valence-electron chi connectivity index (χ4n) is 2.99. The van der Waals surface area contributed by atoms with Gasteiger partial charge in [0.25, 0.3) is 0 Å². The summed E-state index contributed by atoms with van der Waals surface area (Å²) in [4.78, 5) is 12.0. The second kappa shape index (κ2) is 7.98. The largest absolute Gasteiger partial charge is 0.388 e. The molecule has 124 valence electrons. The molecule has 2 amide bonds. The molecule has 0 spiro atoms. The number of hydrogen-bond acceptors (Lipinski definition) is 3. The van der Waals surface area contributed by atoms with Gasteiger partial charge in [-0.25, -0.2) is 4.79 Å². The molecule has 1 saturated carbocycles. The van der Waals surface area contributed by atoms with Crippen molar-refractivity contribution in [3.8, 4) is 6.07 Å². The molecule has 3 N–H and O–H groups in total. The molecule has 1 aromatic rings. The molecule has 1 fully saturated rings. The van der Waals surface area contributed by atoms with E-state index >= 15 is 0 Å².